The number of ether oxygens (including phenoxy) is 2. The van der Waals surface area contributed by atoms with E-state index >= 15 is 0 Å². The number of hydrogen-bond acceptors (Lipinski definition) is 7. The number of halogens is 1. The zero-order valence-corrected chi connectivity index (χ0v) is 26.4. The van der Waals surface area contributed by atoms with Crippen molar-refractivity contribution in [3.8, 4) is 0 Å². The van der Waals surface area contributed by atoms with E-state index in [2.05, 4.69) is 5.32 Å². The highest BCUT2D eigenvalue weighted by molar-refractivity contribution is 6.34. The summed E-state index contributed by atoms with van der Waals surface area (Å²) in [5, 5.41) is 12.8. The second kappa shape index (κ2) is 13.4. The summed E-state index contributed by atoms with van der Waals surface area (Å²) in [6.45, 7) is 2.19. The Bertz CT molecular complexity index is 1540. The number of amides is 3. The Morgan fingerprint density at radius 1 is 1.02 bits per heavy atom. The average molecular weight is 648 g/mol. The first-order chi connectivity index (χ1) is 22.3. The lowest BCUT2D eigenvalue weighted by Gasteiger charge is -2.36. The third kappa shape index (κ3) is 5.74. The number of carbonyl (C=O) groups excluding carboxylic acids is 4. The summed E-state index contributed by atoms with van der Waals surface area (Å²) in [5.74, 6) is -3.61. The van der Waals surface area contributed by atoms with Crippen molar-refractivity contribution >= 4 is 41.0 Å². The van der Waals surface area contributed by atoms with Crippen molar-refractivity contribution < 1.29 is 33.8 Å². The molecule has 4 aliphatic heterocycles. The summed E-state index contributed by atoms with van der Waals surface area (Å²) in [5.41, 5.74) is 0.578. The number of para-hydroxylation sites is 1. The molecule has 0 saturated carbocycles. The second-order valence-electron chi connectivity index (χ2n) is 12.2. The normalized spacial score (nSPS) is 30.4. The Kier molecular flexibility index (Phi) is 9.31. The maximum absolute atomic E-state index is 14.9. The van der Waals surface area contributed by atoms with Crippen LogP contribution in [0.4, 0.5) is 5.69 Å². The van der Waals surface area contributed by atoms with Crippen LogP contribution in [0.15, 0.2) is 72.8 Å². The predicted molar refractivity (Wildman–Crippen MR) is 171 cm³/mol. The highest BCUT2D eigenvalue weighted by Crippen LogP contribution is 2.56. The van der Waals surface area contributed by atoms with Crippen molar-refractivity contribution in [2.45, 2.75) is 56.5 Å². The molecule has 3 amide bonds. The van der Waals surface area contributed by atoms with Gasteiger partial charge in [0.1, 0.15) is 23.7 Å². The molecule has 2 saturated heterocycles. The number of carbonyl (C=O) groups is 4. The third-order valence-corrected chi connectivity index (χ3v) is 9.62. The molecular formula is C35H38ClN3O7. The Hall–Kier alpha value is -3.99. The van der Waals surface area contributed by atoms with Gasteiger partial charge >= 0.3 is 5.97 Å². The molecule has 0 aliphatic carbocycles. The number of cyclic esters (lactones) is 1. The fraction of sp³-hybridized carbons (Fsp3) is 0.429. The summed E-state index contributed by atoms with van der Waals surface area (Å²) in [7, 11) is 0. The van der Waals surface area contributed by atoms with Gasteiger partial charge in [0.05, 0.1) is 29.3 Å². The van der Waals surface area contributed by atoms with Gasteiger partial charge in [0.25, 0.3) is 5.91 Å². The van der Waals surface area contributed by atoms with Crippen molar-refractivity contribution in [2.24, 2.45) is 11.8 Å². The predicted octanol–water partition coefficient (Wildman–Crippen LogP) is 3.66. The van der Waals surface area contributed by atoms with Crippen LogP contribution in [0.3, 0.4) is 0 Å². The van der Waals surface area contributed by atoms with Crippen LogP contribution in [0.5, 0.6) is 0 Å². The van der Waals surface area contributed by atoms with Gasteiger partial charge in [0.15, 0.2) is 0 Å². The molecule has 242 valence electrons. The molecule has 10 nitrogen and oxygen atoms in total. The van der Waals surface area contributed by atoms with E-state index in [1.165, 1.54) is 4.90 Å². The zero-order valence-electron chi connectivity index (χ0n) is 25.6. The first kappa shape index (κ1) is 32.0. The molecule has 11 heteroatoms. The lowest BCUT2D eigenvalue weighted by Crippen LogP contribution is -2.56. The molecule has 4 heterocycles. The van der Waals surface area contributed by atoms with Crippen LogP contribution in [0, 0.1) is 18.8 Å². The van der Waals surface area contributed by atoms with E-state index in [9.17, 15) is 24.3 Å². The zero-order chi connectivity index (χ0) is 32.4. The molecule has 6 rings (SSSR count). The molecule has 2 aromatic carbocycles. The van der Waals surface area contributed by atoms with E-state index < -0.39 is 47.6 Å². The number of fused-ring (bicyclic) bond motifs is 2. The number of likely N-dealkylation sites (tertiary alicyclic amines) is 1. The molecule has 46 heavy (non-hydrogen) atoms. The van der Waals surface area contributed by atoms with Crippen LogP contribution in [0.1, 0.15) is 42.9 Å². The minimum absolute atomic E-state index is 0.0596. The Balaban J connectivity index is 1.44. The van der Waals surface area contributed by atoms with Gasteiger partial charge in [-0.05, 0) is 43.4 Å². The number of unbranched alkanes of at least 4 members (excludes halogenated alkanes) is 1. The molecule has 6 atom stereocenters. The molecule has 5 bridgehead atoms. The van der Waals surface area contributed by atoms with Gasteiger partial charge in [-0.1, -0.05) is 78.4 Å². The number of aliphatic hydroxyl groups is 1. The maximum atomic E-state index is 14.9. The van der Waals surface area contributed by atoms with Crippen molar-refractivity contribution in [3.05, 3.63) is 89.0 Å². The minimum Gasteiger partial charge on any atom is -0.455 e. The van der Waals surface area contributed by atoms with Gasteiger partial charge in [0, 0.05) is 26.1 Å². The van der Waals surface area contributed by atoms with Gasteiger partial charge in [0.2, 0.25) is 11.8 Å². The van der Waals surface area contributed by atoms with Crippen LogP contribution in [0.2, 0.25) is 5.02 Å². The van der Waals surface area contributed by atoms with Gasteiger partial charge in [-0.15, -0.1) is 0 Å². The standard InChI is InChI=1S/C35H38ClN3O7/c1-22-11-10-14-24(36)30(22)38-18-7-3-6-15-27(41)37-21-26(23-12-4-2-5-13-23)45-34(44)28-25-16-17-35(46-25)29(28)32(42)39(19-8-9-20-40)31(35)33(38)43/h2-5,7,10-14,16-17,25-26,28-29,31,40H,6,8-9,15,18-21H2,1H3,(H,37,41)/b7-3-/t25-,26-,28+,29+,31-,35+/m1/s1. The van der Waals surface area contributed by atoms with E-state index in [1.54, 1.807) is 29.2 Å². The van der Waals surface area contributed by atoms with Crippen LogP contribution < -0.4 is 10.2 Å². The van der Waals surface area contributed by atoms with Gasteiger partial charge in [-0.25, -0.2) is 0 Å². The molecule has 2 fully saturated rings. The quantitative estimate of drug-likeness (QED) is 0.279. The minimum atomic E-state index is -1.40. The number of allylic oxidation sites excluding steroid dienone is 1. The highest BCUT2D eigenvalue weighted by Gasteiger charge is 2.73. The summed E-state index contributed by atoms with van der Waals surface area (Å²) in [6, 6.07) is 13.4. The number of anilines is 1. The third-order valence-electron chi connectivity index (χ3n) is 9.32. The number of rotatable bonds is 6. The van der Waals surface area contributed by atoms with E-state index in [0.29, 0.717) is 35.5 Å². The molecule has 2 aromatic rings. The molecule has 0 aromatic heterocycles. The van der Waals surface area contributed by atoms with Crippen LogP contribution in [-0.2, 0) is 28.7 Å². The summed E-state index contributed by atoms with van der Waals surface area (Å²) in [4.78, 5) is 59.1. The summed E-state index contributed by atoms with van der Waals surface area (Å²) in [6.07, 6.45) is 7.11. The van der Waals surface area contributed by atoms with E-state index in [4.69, 9.17) is 21.1 Å². The average Bonchev–Trinajstić information content (AvgIpc) is 3.69. The molecule has 0 unspecified atom stereocenters. The van der Waals surface area contributed by atoms with E-state index in [0.717, 1.165) is 5.56 Å². The Morgan fingerprint density at radius 3 is 2.59 bits per heavy atom. The molecular weight excluding hydrogens is 610 g/mol. The number of nitrogens with zero attached hydrogens (tertiary/aromatic N) is 2. The van der Waals surface area contributed by atoms with Gasteiger partial charge in [-0.3, -0.25) is 19.2 Å². The molecule has 1 spiro atoms. The first-order valence-corrected chi connectivity index (χ1v) is 16.2. The SMILES string of the molecule is Cc1cccc(Cl)c1N1C/C=C\CCC(=O)NC[C@H](c2ccccc2)OC(=O)[C@@H]2[C@H]3C(=O)N(CCCCO)[C@H](C1=O)[C@]31C=C[C@H]2O1. The summed E-state index contributed by atoms with van der Waals surface area (Å²) < 4.78 is 12.6. The molecule has 4 aliphatic rings. The van der Waals surface area contributed by atoms with Crippen LogP contribution >= 0.6 is 11.6 Å². The van der Waals surface area contributed by atoms with Crippen molar-refractivity contribution in [1.82, 2.24) is 10.2 Å². The van der Waals surface area contributed by atoms with E-state index in [1.807, 2.05) is 55.5 Å². The monoisotopic (exact) mass is 647 g/mol. The van der Waals surface area contributed by atoms with E-state index in [-0.39, 0.29) is 44.5 Å². The fourth-order valence-electron chi connectivity index (χ4n) is 7.18. The maximum Gasteiger partial charge on any atom is 0.313 e. The van der Waals surface area contributed by atoms with Crippen molar-refractivity contribution in [2.75, 3.05) is 31.1 Å². The topological polar surface area (TPSA) is 125 Å². The lowest BCUT2D eigenvalue weighted by atomic mass is 9.74. The van der Waals surface area contributed by atoms with Gasteiger partial charge < -0.3 is 29.7 Å². The van der Waals surface area contributed by atoms with Crippen LogP contribution in [0.25, 0.3) is 0 Å². The van der Waals surface area contributed by atoms with Crippen molar-refractivity contribution in [1.29, 1.82) is 0 Å². The number of nitrogens with one attached hydrogen (secondary N) is 1. The first-order valence-electron chi connectivity index (χ1n) is 15.8. The second-order valence-corrected chi connectivity index (χ2v) is 12.6. The highest BCUT2D eigenvalue weighted by atomic mass is 35.5. The number of aliphatic hydroxyl groups excluding tert-OH is 1. The lowest BCUT2D eigenvalue weighted by molar-refractivity contribution is -0.159. The Labute approximate surface area is 273 Å². The van der Waals surface area contributed by atoms with Crippen molar-refractivity contribution in [3.63, 3.8) is 0 Å². The fourth-order valence-corrected chi connectivity index (χ4v) is 7.50. The molecule has 0 radical (unpaired) electrons. The van der Waals surface area contributed by atoms with Gasteiger partial charge in [-0.2, -0.15) is 0 Å². The van der Waals surface area contributed by atoms with Crippen LogP contribution in [-0.4, -0.2) is 77.7 Å². The largest absolute Gasteiger partial charge is 0.455 e. The smallest absolute Gasteiger partial charge is 0.313 e. The molecule has 2 N–H and O–H groups in total. The summed E-state index contributed by atoms with van der Waals surface area (Å²) >= 11 is 6.70. The number of benzene rings is 2. The Morgan fingerprint density at radius 2 is 1.83 bits per heavy atom. The number of hydrogen-bond donors (Lipinski definition) is 2. The number of aryl methyl sites for hydroxylation is 1. The number of esters is 1.